The van der Waals surface area contributed by atoms with Crippen LogP contribution in [-0.4, -0.2) is 70.8 Å². The van der Waals surface area contributed by atoms with E-state index in [2.05, 4.69) is 34.1 Å². The van der Waals surface area contributed by atoms with Gasteiger partial charge in [0, 0.05) is 44.0 Å². The fraction of sp³-hybridized carbons (Fsp3) is 0.833. The minimum atomic E-state index is 0.246. The van der Waals surface area contributed by atoms with Crippen LogP contribution in [0.15, 0.2) is 12.3 Å². The molecule has 1 aromatic heterocycles. The molecular weight excluding hydrogens is 374 g/mol. The lowest BCUT2D eigenvalue weighted by atomic mass is 9.94. The van der Waals surface area contributed by atoms with Crippen LogP contribution in [0.5, 0.6) is 0 Å². The van der Waals surface area contributed by atoms with Crippen molar-refractivity contribution < 1.29 is 4.79 Å². The lowest BCUT2D eigenvalue weighted by molar-refractivity contribution is -0.134. The number of rotatable bonds is 4. The van der Waals surface area contributed by atoms with Crippen LogP contribution in [0.2, 0.25) is 0 Å². The van der Waals surface area contributed by atoms with Crippen LogP contribution in [-0.2, 0) is 17.8 Å². The topological polar surface area (TPSA) is 53.4 Å². The number of likely N-dealkylation sites (tertiary alicyclic amines) is 1. The van der Waals surface area contributed by atoms with Gasteiger partial charge in [-0.15, -0.1) is 0 Å². The molecule has 4 heterocycles. The predicted molar refractivity (Wildman–Crippen MR) is 125 cm³/mol. The fourth-order valence-corrected chi connectivity index (χ4v) is 4.67. The van der Waals surface area contributed by atoms with Gasteiger partial charge in [0.2, 0.25) is 5.91 Å². The molecule has 0 aliphatic carbocycles. The Morgan fingerprint density at radius 3 is 2.40 bits per heavy atom. The molecule has 1 amide bonds. The number of amides is 1. The number of fused-ring (bicyclic) bond motifs is 1. The first-order valence-corrected chi connectivity index (χ1v) is 12.4. The fourth-order valence-electron chi connectivity index (χ4n) is 4.67. The molecule has 0 bridgehead atoms. The molecule has 6 nitrogen and oxygen atoms in total. The van der Waals surface area contributed by atoms with Crippen LogP contribution in [0.4, 0.5) is 0 Å². The number of carbonyl (C=O) groups excluding carboxylic acids is 1. The van der Waals surface area contributed by atoms with E-state index in [-0.39, 0.29) is 5.91 Å². The van der Waals surface area contributed by atoms with Crippen molar-refractivity contribution >= 4 is 5.91 Å². The van der Waals surface area contributed by atoms with E-state index >= 15 is 0 Å². The van der Waals surface area contributed by atoms with Crippen molar-refractivity contribution in [2.24, 2.45) is 5.92 Å². The molecule has 2 saturated heterocycles. The molecule has 1 aromatic rings. The van der Waals surface area contributed by atoms with E-state index in [1.165, 1.54) is 51.0 Å². The highest BCUT2D eigenvalue weighted by atomic mass is 16.2. The van der Waals surface area contributed by atoms with Crippen LogP contribution in [0.1, 0.15) is 71.9 Å². The van der Waals surface area contributed by atoms with Crippen LogP contribution < -0.4 is 5.32 Å². The third kappa shape index (κ3) is 7.38. The third-order valence-corrected chi connectivity index (χ3v) is 6.33. The molecule has 0 saturated carbocycles. The summed E-state index contributed by atoms with van der Waals surface area (Å²) in [7, 11) is 0. The second-order valence-electron chi connectivity index (χ2n) is 8.58. The Labute approximate surface area is 184 Å². The summed E-state index contributed by atoms with van der Waals surface area (Å²) in [5.41, 5.74) is 1.19. The van der Waals surface area contributed by atoms with Gasteiger partial charge in [0.05, 0.1) is 0 Å². The molecule has 3 aliphatic heterocycles. The molecule has 2 fully saturated rings. The maximum Gasteiger partial charge on any atom is 0.244 e. The van der Waals surface area contributed by atoms with Crippen molar-refractivity contribution in [3.63, 3.8) is 0 Å². The molecule has 1 N–H and O–H groups in total. The summed E-state index contributed by atoms with van der Waals surface area (Å²) in [5.74, 6) is 1.16. The second kappa shape index (κ2) is 13.8. The Balaban J connectivity index is 0.000000590. The largest absolute Gasteiger partial charge is 0.338 e. The van der Waals surface area contributed by atoms with Gasteiger partial charge in [0.1, 0.15) is 6.54 Å². The average Bonchev–Trinajstić information content (AvgIpc) is 3.16. The number of nitrogens with zero attached hydrogens (tertiary/aromatic N) is 4. The first-order valence-electron chi connectivity index (χ1n) is 12.4. The first kappa shape index (κ1) is 24.9. The molecule has 4 rings (SSSR count). The van der Waals surface area contributed by atoms with Gasteiger partial charge < -0.3 is 15.1 Å². The van der Waals surface area contributed by atoms with Gasteiger partial charge in [0.15, 0.2) is 0 Å². The highest BCUT2D eigenvalue weighted by Crippen LogP contribution is 2.22. The standard InChI is InChI=1S/C19H31N5O.C3H8.C2H6/c25-19-15-24-18(3-10-21-24)7-14-23(19)17-5-12-22(13-6-17)11-4-16-1-8-20-9-2-16;1-3-2;1-2/h3,10,16-17,20H,1-2,4-9,11-15H2;3H2,1-2H3;1-2H3. The molecule has 0 atom stereocenters. The molecule has 0 unspecified atom stereocenters. The lowest BCUT2D eigenvalue weighted by Crippen LogP contribution is -2.48. The second-order valence-corrected chi connectivity index (χ2v) is 8.58. The number of aromatic nitrogens is 2. The summed E-state index contributed by atoms with van der Waals surface area (Å²) in [6.07, 6.45) is 10.3. The minimum absolute atomic E-state index is 0.246. The van der Waals surface area contributed by atoms with Gasteiger partial charge in [-0.1, -0.05) is 34.1 Å². The van der Waals surface area contributed by atoms with E-state index in [0.717, 1.165) is 44.8 Å². The molecule has 30 heavy (non-hydrogen) atoms. The Bertz CT molecular complexity index is 588. The molecule has 0 spiro atoms. The Hall–Kier alpha value is -1.40. The highest BCUT2D eigenvalue weighted by molar-refractivity contribution is 5.76. The quantitative estimate of drug-likeness (QED) is 0.811. The Kier molecular flexibility index (Phi) is 11.4. The zero-order valence-corrected chi connectivity index (χ0v) is 19.9. The van der Waals surface area contributed by atoms with Crippen molar-refractivity contribution in [3.05, 3.63) is 18.0 Å². The molecule has 0 radical (unpaired) electrons. The molecule has 0 aromatic carbocycles. The number of piperidine rings is 2. The summed E-state index contributed by atoms with van der Waals surface area (Å²) in [6, 6.07) is 2.47. The lowest BCUT2D eigenvalue weighted by Gasteiger charge is -2.38. The van der Waals surface area contributed by atoms with E-state index in [4.69, 9.17) is 0 Å². The van der Waals surface area contributed by atoms with E-state index in [1.54, 1.807) is 6.20 Å². The van der Waals surface area contributed by atoms with Crippen LogP contribution in [0.25, 0.3) is 0 Å². The zero-order valence-electron chi connectivity index (χ0n) is 19.9. The number of carbonyl (C=O) groups is 1. The van der Waals surface area contributed by atoms with Crippen molar-refractivity contribution in [2.45, 2.75) is 85.2 Å². The molecule has 3 aliphatic rings. The molecule has 6 heteroatoms. The molecule has 172 valence electrons. The summed E-state index contributed by atoms with van der Waals surface area (Å²) in [4.78, 5) is 17.4. The van der Waals surface area contributed by atoms with Crippen LogP contribution in [0, 0.1) is 5.92 Å². The predicted octanol–water partition coefficient (Wildman–Crippen LogP) is 3.56. The van der Waals surface area contributed by atoms with E-state index in [0.29, 0.717) is 12.6 Å². The van der Waals surface area contributed by atoms with E-state index in [9.17, 15) is 4.79 Å². The summed E-state index contributed by atoms with van der Waals surface area (Å²) in [6.45, 7) is 15.4. The number of hydrogen-bond donors (Lipinski definition) is 1. The number of hydrogen-bond acceptors (Lipinski definition) is 4. The summed E-state index contributed by atoms with van der Waals surface area (Å²) >= 11 is 0. The first-order chi connectivity index (χ1) is 14.7. The molecular formula is C24H45N5O. The highest BCUT2D eigenvalue weighted by Gasteiger charge is 2.30. The van der Waals surface area contributed by atoms with Gasteiger partial charge in [0.25, 0.3) is 0 Å². The van der Waals surface area contributed by atoms with Crippen molar-refractivity contribution in [2.75, 3.05) is 39.3 Å². The van der Waals surface area contributed by atoms with Crippen LogP contribution >= 0.6 is 0 Å². The Morgan fingerprint density at radius 1 is 1.07 bits per heavy atom. The average molecular weight is 420 g/mol. The van der Waals surface area contributed by atoms with Crippen molar-refractivity contribution in [1.29, 1.82) is 0 Å². The van der Waals surface area contributed by atoms with Crippen molar-refractivity contribution in [1.82, 2.24) is 24.9 Å². The summed E-state index contributed by atoms with van der Waals surface area (Å²) in [5, 5.41) is 7.74. The van der Waals surface area contributed by atoms with Gasteiger partial charge >= 0.3 is 0 Å². The number of nitrogens with one attached hydrogen (secondary N) is 1. The summed E-state index contributed by atoms with van der Waals surface area (Å²) < 4.78 is 1.87. The maximum atomic E-state index is 12.6. The van der Waals surface area contributed by atoms with Gasteiger partial charge in [-0.3, -0.25) is 9.48 Å². The van der Waals surface area contributed by atoms with Gasteiger partial charge in [-0.25, -0.2) is 0 Å². The third-order valence-electron chi connectivity index (χ3n) is 6.33. The van der Waals surface area contributed by atoms with Gasteiger partial charge in [-0.2, -0.15) is 5.10 Å². The van der Waals surface area contributed by atoms with E-state index in [1.807, 2.05) is 24.6 Å². The normalized spacial score (nSPS) is 21.1. The van der Waals surface area contributed by atoms with Crippen molar-refractivity contribution in [3.8, 4) is 0 Å². The van der Waals surface area contributed by atoms with Crippen LogP contribution in [0.3, 0.4) is 0 Å². The minimum Gasteiger partial charge on any atom is -0.338 e. The van der Waals surface area contributed by atoms with E-state index < -0.39 is 0 Å². The maximum absolute atomic E-state index is 12.6. The Morgan fingerprint density at radius 2 is 1.73 bits per heavy atom. The SMILES string of the molecule is CC.CCC.O=C1Cn2nccc2CCN1C1CCN(CCC2CCNCC2)CC1. The zero-order chi connectivity index (χ0) is 21.8. The monoisotopic (exact) mass is 419 g/mol. The van der Waals surface area contributed by atoms with Gasteiger partial charge in [-0.05, 0) is 63.7 Å². The smallest absolute Gasteiger partial charge is 0.244 e.